The van der Waals surface area contributed by atoms with E-state index in [9.17, 15) is 17.2 Å². The molecule has 2 aromatic rings. The van der Waals surface area contributed by atoms with Crippen LogP contribution in [0.25, 0.3) is 0 Å². The summed E-state index contributed by atoms with van der Waals surface area (Å²) in [6.45, 7) is 1.60. The highest BCUT2D eigenvalue weighted by Crippen LogP contribution is 2.24. The number of methoxy groups -OCH3 is 1. The van der Waals surface area contributed by atoms with Crippen LogP contribution < -0.4 is 9.46 Å². The minimum absolute atomic E-state index is 0.00738. The maximum absolute atomic E-state index is 13.1. The van der Waals surface area contributed by atoms with E-state index in [4.69, 9.17) is 4.74 Å². The molecule has 0 radical (unpaired) electrons. The van der Waals surface area contributed by atoms with Gasteiger partial charge in [-0.05, 0) is 42.8 Å². The maximum atomic E-state index is 13.1. The van der Waals surface area contributed by atoms with Crippen molar-refractivity contribution in [1.29, 1.82) is 0 Å². The summed E-state index contributed by atoms with van der Waals surface area (Å²) in [6, 6.07) is 6.88. The highest BCUT2D eigenvalue weighted by Gasteiger charge is 2.18. The summed E-state index contributed by atoms with van der Waals surface area (Å²) in [5.74, 6) is -1.21. The molecule has 112 valence electrons. The number of nitrogens with one attached hydrogen (secondary N) is 1. The van der Waals surface area contributed by atoms with E-state index in [-0.39, 0.29) is 10.6 Å². The molecule has 0 atom stereocenters. The van der Waals surface area contributed by atoms with Crippen LogP contribution in [0.1, 0.15) is 5.56 Å². The van der Waals surface area contributed by atoms with Gasteiger partial charge in [0, 0.05) is 6.07 Å². The number of benzene rings is 2. The van der Waals surface area contributed by atoms with E-state index in [1.807, 2.05) is 0 Å². The molecule has 0 aliphatic heterocycles. The Bertz CT molecular complexity index is 756. The lowest BCUT2D eigenvalue weighted by Gasteiger charge is -2.11. The zero-order valence-corrected chi connectivity index (χ0v) is 12.2. The van der Waals surface area contributed by atoms with Crippen molar-refractivity contribution in [3.8, 4) is 5.75 Å². The van der Waals surface area contributed by atoms with E-state index < -0.39 is 21.7 Å². The smallest absolute Gasteiger partial charge is 0.262 e. The summed E-state index contributed by atoms with van der Waals surface area (Å²) in [6.07, 6.45) is 0. The van der Waals surface area contributed by atoms with Gasteiger partial charge in [0.1, 0.15) is 17.4 Å². The van der Waals surface area contributed by atoms with Gasteiger partial charge in [-0.25, -0.2) is 17.2 Å². The number of hydrogen-bond donors (Lipinski definition) is 1. The first-order chi connectivity index (χ1) is 9.81. The molecule has 0 aliphatic rings. The van der Waals surface area contributed by atoms with Crippen LogP contribution in [0.15, 0.2) is 41.3 Å². The van der Waals surface area contributed by atoms with Crippen LogP contribution in [0.2, 0.25) is 0 Å². The maximum Gasteiger partial charge on any atom is 0.262 e. The molecule has 21 heavy (non-hydrogen) atoms. The summed E-state index contributed by atoms with van der Waals surface area (Å²) >= 11 is 0. The Balaban J connectivity index is 2.38. The van der Waals surface area contributed by atoms with Gasteiger partial charge in [-0.1, -0.05) is 0 Å². The summed E-state index contributed by atoms with van der Waals surface area (Å²) in [7, 11) is -2.47. The van der Waals surface area contributed by atoms with Crippen LogP contribution in [0.3, 0.4) is 0 Å². The van der Waals surface area contributed by atoms with Gasteiger partial charge in [0.25, 0.3) is 10.0 Å². The predicted molar refractivity (Wildman–Crippen MR) is 74.9 cm³/mol. The fraction of sp³-hybridized carbons (Fsp3) is 0.143. The quantitative estimate of drug-likeness (QED) is 0.944. The number of aryl methyl sites for hydroxylation is 1. The number of halogens is 2. The number of hydrogen-bond acceptors (Lipinski definition) is 3. The molecular weight excluding hydrogens is 300 g/mol. The second-order valence-corrected chi connectivity index (χ2v) is 6.05. The molecule has 0 aliphatic carbocycles. The van der Waals surface area contributed by atoms with E-state index in [0.29, 0.717) is 17.4 Å². The van der Waals surface area contributed by atoms with Gasteiger partial charge in [-0.2, -0.15) is 0 Å². The highest BCUT2D eigenvalue weighted by molar-refractivity contribution is 7.92. The van der Waals surface area contributed by atoms with Gasteiger partial charge < -0.3 is 4.74 Å². The van der Waals surface area contributed by atoms with Crippen molar-refractivity contribution in [1.82, 2.24) is 0 Å². The van der Waals surface area contributed by atoms with E-state index in [1.54, 1.807) is 13.0 Å². The normalized spacial score (nSPS) is 11.2. The largest absolute Gasteiger partial charge is 0.497 e. The Morgan fingerprint density at radius 3 is 2.19 bits per heavy atom. The van der Waals surface area contributed by atoms with Gasteiger partial charge in [0.05, 0.1) is 17.7 Å². The zero-order valence-electron chi connectivity index (χ0n) is 11.4. The van der Waals surface area contributed by atoms with Crippen LogP contribution in [0.4, 0.5) is 14.5 Å². The molecule has 0 spiro atoms. The average Bonchev–Trinajstić information content (AvgIpc) is 2.36. The molecule has 0 saturated carbocycles. The van der Waals surface area contributed by atoms with E-state index in [2.05, 4.69) is 4.72 Å². The minimum atomic E-state index is -3.94. The molecule has 0 bridgehead atoms. The van der Waals surface area contributed by atoms with Crippen molar-refractivity contribution >= 4 is 15.7 Å². The van der Waals surface area contributed by atoms with Crippen molar-refractivity contribution in [2.75, 3.05) is 11.8 Å². The van der Waals surface area contributed by atoms with Crippen LogP contribution in [0.5, 0.6) is 5.75 Å². The number of anilines is 1. The van der Waals surface area contributed by atoms with Crippen molar-refractivity contribution in [2.45, 2.75) is 11.8 Å². The summed E-state index contributed by atoms with van der Waals surface area (Å²) in [5, 5.41) is 0. The van der Waals surface area contributed by atoms with Gasteiger partial charge in [-0.3, -0.25) is 4.72 Å². The van der Waals surface area contributed by atoms with Crippen molar-refractivity contribution in [3.63, 3.8) is 0 Å². The third kappa shape index (κ3) is 3.49. The highest BCUT2D eigenvalue weighted by atomic mass is 32.2. The monoisotopic (exact) mass is 313 g/mol. The molecule has 0 unspecified atom stereocenters. The molecule has 2 aromatic carbocycles. The molecule has 0 aromatic heterocycles. The number of sulfonamides is 1. The van der Waals surface area contributed by atoms with Gasteiger partial charge in [0.15, 0.2) is 0 Å². The van der Waals surface area contributed by atoms with Crippen LogP contribution in [-0.4, -0.2) is 15.5 Å². The standard InChI is InChI=1S/C14H13F2NO3S/c1-9-5-13(20-2)3-4-14(9)21(18,19)17-12-7-10(15)6-11(16)8-12/h3-8,17H,1-2H3. The summed E-state index contributed by atoms with van der Waals surface area (Å²) in [5.41, 5.74) is 0.279. The Labute approximate surface area is 121 Å². The lowest BCUT2D eigenvalue weighted by atomic mass is 10.2. The van der Waals surface area contributed by atoms with Gasteiger partial charge in [0.2, 0.25) is 0 Å². The average molecular weight is 313 g/mol. The molecular formula is C14H13F2NO3S. The molecule has 4 nitrogen and oxygen atoms in total. The molecule has 7 heteroatoms. The molecule has 0 saturated heterocycles. The predicted octanol–water partition coefficient (Wildman–Crippen LogP) is 3.08. The fourth-order valence-corrected chi connectivity index (χ4v) is 3.14. The van der Waals surface area contributed by atoms with Crippen molar-refractivity contribution in [2.24, 2.45) is 0 Å². The Morgan fingerprint density at radius 1 is 1.05 bits per heavy atom. The Hall–Kier alpha value is -2.15. The van der Waals surface area contributed by atoms with Crippen LogP contribution >= 0.6 is 0 Å². The third-order valence-corrected chi connectivity index (χ3v) is 4.33. The Kier molecular flexibility index (Phi) is 4.13. The zero-order chi connectivity index (χ0) is 15.6. The molecule has 1 N–H and O–H groups in total. The van der Waals surface area contributed by atoms with E-state index in [1.165, 1.54) is 19.2 Å². The topological polar surface area (TPSA) is 55.4 Å². The first kappa shape index (κ1) is 15.2. The number of rotatable bonds is 4. The molecule has 0 heterocycles. The van der Waals surface area contributed by atoms with Crippen molar-refractivity contribution in [3.05, 3.63) is 53.6 Å². The Morgan fingerprint density at radius 2 is 1.67 bits per heavy atom. The first-order valence-electron chi connectivity index (χ1n) is 5.95. The van der Waals surface area contributed by atoms with Gasteiger partial charge in [-0.15, -0.1) is 0 Å². The summed E-state index contributed by atoms with van der Waals surface area (Å²) < 4.78 is 57.8. The second-order valence-electron chi connectivity index (χ2n) is 4.40. The van der Waals surface area contributed by atoms with Crippen LogP contribution in [-0.2, 0) is 10.0 Å². The molecule has 2 rings (SSSR count). The lowest BCUT2D eigenvalue weighted by Crippen LogP contribution is -2.14. The first-order valence-corrected chi connectivity index (χ1v) is 7.44. The SMILES string of the molecule is COc1ccc(S(=O)(=O)Nc2cc(F)cc(F)c2)c(C)c1. The second kappa shape index (κ2) is 5.69. The summed E-state index contributed by atoms with van der Waals surface area (Å²) in [4.78, 5) is 0.00738. The molecule has 0 amide bonds. The number of ether oxygens (including phenoxy) is 1. The van der Waals surface area contributed by atoms with E-state index in [0.717, 1.165) is 12.1 Å². The van der Waals surface area contributed by atoms with Crippen molar-refractivity contribution < 1.29 is 21.9 Å². The lowest BCUT2D eigenvalue weighted by molar-refractivity contribution is 0.414. The van der Waals surface area contributed by atoms with E-state index >= 15 is 0 Å². The van der Waals surface area contributed by atoms with Crippen LogP contribution in [0, 0.1) is 18.6 Å². The fourth-order valence-electron chi connectivity index (χ4n) is 1.87. The third-order valence-electron chi connectivity index (χ3n) is 2.79. The molecule has 0 fully saturated rings. The van der Waals surface area contributed by atoms with Gasteiger partial charge >= 0.3 is 0 Å². The minimum Gasteiger partial charge on any atom is -0.497 e.